The van der Waals surface area contributed by atoms with Gasteiger partial charge in [-0.05, 0) is 10.9 Å². The molecule has 1 heterocycles. The van der Waals surface area contributed by atoms with Crippen LogP contribution in [0.2, 0.25) is 0 Å². The Hall–Kier alpha value is -1.38. The third-order valence-electron chi connectivity index (χ3n) is 1.34. The molecule has 0 saturated carbocycles. The Kier molecular flexibility index (Phi) is 2.60. The van der Waals surface area contributed by atoms with Gasteiger partial charge in [-0.3, -0.25) is 0 Å². The van der Waals surface area contributed by atoms with E-state index in [4.69, 9.17) is 0 Å². The average Bonchev–Trinajstić information content (AvgIpc) is 2.39. The van der Waals surface area contributed by atoms with Gasteiger partial charge >= 0.3 is 0 Å². The van der Waals surface area contributed by atoms with Crippen molar-refractivity contribution in [3.63, 3.8) is 0 Å². The second-order valence-electron chi connectivity index (χ2n) is 2.17. The van der Waals surface area contributed by atoms with Crippen molar-refractivity contribution in [2.24, 2.45) is 0 Å². The molecule has 58 valence electrons. The molecule has 0 spiro atoms. The van der Waals surface area contributed by atoms with Crippen LogP contribution in [-0.2, 0) is 13.1 Å². The largest absolute Gasteiger partial charge is 0.206 e. The predicted octanol–water partition coefficient (Wildman–Crippen LogP) is 0.543. The molecule has 0 aliphatic carbocycles. The van der Waals surface area contributed by atoms with Gasteiger partial charge in [0.2, 0.25) is 6.20 Å². The SMILES string of the molecule is C=CCn1ncc[n+]1CC=C. The highest BCUT2D eigenvalue weighted by Crippen LogP contribution is 1.77. The molecule has 0 aliphatic rings. The van der Waals surface area contributed by atoms with Crippen LogP contribution in [0, 0.1) is 0 Å². The number of hydrogen-bond acceptors (Lipinski definition) is 1. The van der Waals surface area contributed by atoms with Crippen molar-refractivity contribution in [1.29, 1.82) is 0 Å². The highest BCUT2D eigenvalue weighted by atomic mass is 15.5. The number of nitrogens with zero attached hydrogens (tertiary/aromatic N) is 3. The smallest absolute Gasteiger partial charge is 0.156 e. The van der Waals surface area contributed by atoms with Crippen molar-refractivity contribution in [2.75, 3.05) is 0 Å². The van der Waals surface area contributed by atoms with Crippen LogP contribution in [0.15, 0.2) is 37.7 Å². The molecule has 11 heavy (non-hydrogen) atoms. The fraction of sp³-hybridized carbons (Fsp3) is 0.250. The molecule has 3 heteroatoms. The summed E-state index contributed by atoms with van der Waals surface area (Å²) in [6.45, 7) is 8.81. The second kappa shape index (κ2) is 3.71. The van der Waals surface area contributed by atoms with Crippen LogP contribution in [0.3, 0.4) is 0 Å². The Labute approximate surface area is 66.2 Å². The van der Waals surface area contributed by atoms with Crippen molar-refractivity contribution in [3.8, 4) is 0 Å². The van der Waals surface area contributed by atoms with Gasteiger partial charge in [-0.25, -0.2) is 0 Å². The number of rotatable bonds is 4. The van der Waals surface area contributed by atoms with Crippen molar-refractivity contribution >= 4 is 0 Å². The summed E-state index contributed by atoms with van der Waals surface area (Å²) in [5, 5.41) is 4.09. The van der Waals surface area contributed by atoms with Crippen molar-refractivity contribution in [1.82, 2.24) is 9.90 Å². The van der Waals surface area contributed by atoms with E-state index in [2.05, 4.69) is 18.3 Å². The highest BCUT2D eigenvalue weighted by molar-refractivity contribution is 4.65. The van der Waals surface area contributed by atoms with Gasteiger partial charge in [0.15, 0.2) is 6.20 Å². The molecule has 3 nitrogen and oxygen atoms in total. The number of aromatic nitrogens is 3. The molecule has 0 N–H and O–H groups in total. The lowest BCUT2D eigenvalue weighted by Crippen LogP contribution is -2.42. The number of allylic oxidation sites excluding steroid dienone is 2. The molecule has 0 aromatic carbocycles. The molecular weight excluding hydrogens is 138 g/mol. The molecule has 0 unspecified atom stereocenters. The Bertz CT molecular complexity index is 225. The molecule has 0 bridgehead atoms. The third-order valence-corrected chi connectivity index (χ3v) is 1.34. The minimum Gasteiger partial charge on any atom is -0.156 e. The maximum Gasteiger partial charge on any atom is 0.206 e. The van der Waals surface area contributed by atoms with Gasteiger partial charge in [-0.15, -0.1) is 6.58 Å². The molecule has 0 fully saturated rings. The van der Waals surface area contributed by atoms with E-state index >= 15 is 0 Å². The predicted molar refractivity (Wildman–Crippen MR) is 42.8 cm³/mol. The van der Waals surface area contributed by atoms with Gasteiger partial charge in [0.1, 0.15) is 13.1 Å². The summed E-state index contributed by atoms with van der Waals surface area (Å²) in [5.74, 6) is 0. The molecule has 0 aliphatic heterocycles. The van der Waals surface area contributed by atoms with E-state index in [-0.39, 0.29) is 0 Å². The Balaban J connectivity index is 2.76. The summed E-state index contributed by atoms with van der Waals surface area (Å²) < 4.78 is 1.97. The van der Waals surface area contributed by atoms with Crippen LogP contribution < -0.4 is 4.68 Å². The standard InChI is InChI=1S/C8H12N3/c1-3-6-10-8-5-9-11(10)7-4-2/h3-5,8H,1-2,6-7H2/q+1. The van der Waals surface area contributed by atoms with Gasteiger partial charge in [0.05, 0.1) is 0 Å². The number of hydrogen-bond donors (Lipinski definition) is 0. The lowest BCUT2D eigenvalue weighted by molar-refractivity contribution is -0.770. The average molecular weight is 150 g/mol. The van der Waals surface area contributed by atoms with E-state index in [0.29, 0.717) is 0 Å². The fourth-order valence-corrected chi connectivity index (χ4v) is 0.882. The minimum atomic E-state index is 0.737. The van der Waals surface area contributed by atoms with Crippen LogP contribution in [0.1, 0.15) is 0 Å². The van der Waals surface area contributed by atoms with E-state index in [1.54, 1.807) is 6.20 Å². The summed E-state index contributed by atoms with van der Waals surface area (Å²) in [7, 11) is 0. The molecule has 1 aromatic rings. The summed E-state index contributed by atoms with van der Waals surface area (Å²) in [6, 6.07) is 0. The molecule has 1 rings (SSSR count). The Morgan fingerprint density at radius 1 is 1.45 bits per heavy atom. The first-order valence-electron chi connectivity index (χ1n) is 3.52. The molecule has 0 saturated heterocycles. The maximum absolute atomic E-state index is 4.09. The lowest BCUT2D eigenvalue weighted by atomic mass is 10.6. The zero-order chi connectivity index (χ0) is 8.10. The third kappa shape index (κ3) is 1.77. The Morgan fingerprint density at radius 2 is 2.27 bits per heavy atom. The zero-order valence-corrected chi connectivity index (χ0v) is 6.48. The van der Waals surface area contributed by atoms with Crippen molar-refractivity contribution in [3.05, 3.63) is 37.7 Å². The van der Waals surface area contributed by atoms with Crippen molar-refractivity contribution < 1.29 is 4.68 Å². The second-order valence-corrected chi connectivity index (χ2v) is 2.17. The summed E-state index contributed by atoms with van der Waals surface area (Å²) >= 11 is 0. The van der Waals surface area contributed by atoms with Crippen LogP contribution in [0.5, 0.6) is 0 Å². The van der Waals surface area contributed by atoms with Gasteiger partial charge in [0.25, 0.3) is 0 Å². The molecule has 0 radical (unpaired) electrons. The van der Waals surface area contributed by atoms with Crippen LogP contribution in [0.4, 0.5) is 0 Å². The summed E-state index contributed by atoms with van der Waals surface area (Å²) in [5.41, 5.74) is 0. The minimum absolute atomic E-state index is 0.737. The van der Waals surface area contributed by atoms with Crippen LogP contribution in [-0.4, -0.2) is 9.90 Å². The van der Waals surface area contributed by atoms with Crippen LogP contribution in [0.25, 0.3) is 0 Å². The molecule has 0 atom stereocenters. The maximum atomic E-state index is 4.09. The first-order chi connectivity index (χ1) is 5.38. The lowest BCUT2D eigenvalue weighted by Gasteiger charge is -1.94. The van der Waals surface area contributed by atoms with E-state index < -0.39 is 0 Å². The van der Waals surface area contributed by atoms with Gasteiger partial charge in [-0.1, -0.05) is 12.7 Å². The first-order valence-corrected chi connectivity index (χ1v) is 3.52. The normalized spacial score (nSPS) is 9.45. The van der Waals surface area contributed by atoms with Crippen molar-refractivity contribution in [2.45, 2.75) is 13.1 Å². The van der Waals surface area contributed by atoms with Gasteiger partial charge in [0, 0.05) is 5.10 Å². The first kappa shape index (κ1) is 7.72. The molecule has 0 amide bonds. The quantitative estimate of drug-likeness (QED) is 0.453. The highest BCUT2D eigenvalue weighted by Gasteiger charge is 2.03. The van der Waals surface area contributed by atoms with E-state index in [9.17, 15) is 0 Å². The zero-order valence-electron chi connectivity index (χ0n) is 6.48. The van der Waals surface area contributed by atoms with E-state index in [0.717, 1.165) is 13.1 Å². The summed E-state index contributed by atoms with van der Waals surface area (Å²) in [4.78, 5) is 1.83. The molecular formula is C8H12N3+. The Morgan fingerprint density at radius 3 is 2.91 bits per heavy atom. The van der Waals surface area contributed by atoms with E-state index in [1.807, 2.05) is 27.8 Å². The fourth-order valence-electron chi connectivity index (χ4n) is 0.882. The van der Waals surface area contributed by atoms with Crippen LogP contribution >= 0.6 is 0 Å². The topological polar surface area (TPSA) is 21.7 Å². The summed E-state index contributed by atoms with van der Waals surface area (Å²) in [6.07, 6.45) is 7.31. The van der Waals surface area contributed by atoms with Gasteiger partial charge in [-0.2, -0.15) is 4.68 Å². The van der Waals surface area contributed by atoms with Gasteiger partial charge < -0.3 is 0 Å². The molecule has 1 aromatic heterocycles. The monoisotopic (exact) mass is 150 g/mol. The van der Waals surface area contributed by atoms with E-state index in [1.165, 1.54) is 0 Å².